The van der Waals surface area contributed by atoms with Crippen molar-refractivity contribution in [3.63, 3.8) is 0 Å². The number of fused-ring (bicyclic) bond motifs is 4. The van der Waals surface area contributed by atoms with Crippen molar-refractivity contribution < 1.29 is 28.1 Å². The highest BCUT2D eigenvalue weighted by Crippen LogP contribution is 2.56. The SMILES string of the molecule is CC(=O)c1nn(CC(=O)CC23CCC(CC2)CC3C(=O)Nc2cccc(-c3ccccc3Cl)c2F)c2ccc(NC(=O)NCc3ccon3)cc12. The molecule has 0 radical (unpaired) electrons. The summed E-state index contributed by atoms with van der Waals surface area (Å²) in [7, 11) is 0. The number of halogens is 2. The second-order valence-electron chi connectivity index (χ2n) is 13.5. The third-order valence-electron chi connectivity index (χ3n) is 10.3. The van der Waals surface area contributed by atoms with E-state index in [1.54, 1.807) is 60.7 Å². The minimum atomic E-state index is -0.574. The second-order valence-corrected chi connectivity index (χ2v) is 13.9. The Hall–Kier alpha value is -5.36. The Morgan fingerprint density at radius 2 is 1.78 bits per heavy atom. The van der Waals surface area contributed by atoms with E-state index in [1.807, 2.05) is 0 Å². The van der Waals surface area contributed by atoms with Crippen molar-refractivity contribution in [3.05, 3.63) is 95.2 Å². The lowest BCUT2D eigenvalue weighted by atomic mass is 9.53. The maximum Gasteiger partial charge on any atom is 0.319 e. The molecule has 11 nitrogen and oxygen atoms in total. The Bertz CT molecular complexity index is 2140. The average Bonchev–Trinajstić information content (AvgIpc) is 3.77. The van der Waals surface area contributed by atoms with E-state index in [9.17, 15) is 19.2 Å². The van der Waals surface area contributed by atoms with E-state index in [0.717, 1.165) is 25.7 Å². The van der Waals surface area contributed by atoms with E-state index < -0.39 is 23.2 Å². The Balaban J connectivity index is 1.07. The van der Waals surface area contributed by atoms with Crippen LogP contribution >= 0.6 is 11.6 Å². The number of ketones is 2. The Morgan fingerprint density at radius 1 is 1.00 bits per heavy atom. The number of rotatable bonds is 11. The van der Waals surface area contributed by atoms with Gasteiger partial charge in [0, 0.05) is 52.6 Å². The predicted octanol–water partition coefficient (Wildman–Crippen LogP) is 7.80. The lowest BCUT2D eigenvalue weighted by Gasteiger charge is -2.51. The van der Waals surface area contributed by atoms with E-state index in [0.29, 0.717) is 50.8 Å². The Kier molecular flexibility index (Phi) is 9.43. The molecule has 0 aliphatic heterocycles. The fourth-order valence-electron chi connectivity index (χ4n) is 7.77. The molecule has 2 bridgehead atoms. The van der Waals surface area contributed by atoms with Crippen LogP contribution in [0.3, 0.4) is 0 Å². The molecule has 3 N–H and O–H groups in total. The molecule has 1 atom stereocenters. The molecule has 3 aliphatic carbocycles. The number of nitrogens with zero attached hydrogens (tertiary/aromatic N) is 3. The summed E-state index contributed by atoms with van der Waals surface area (Å²) < 4.78 is 22.1. The molecule has 3 aromatic carbocycles. The molecule has 3 fully saturated rings. The Labute approximate surface area is 297 Å². The van der Waals surface area contributed by atoms with Crippen molar-refractivity contribution in [2.24, 2.45) is 17.3 Å². The summed E-state index contributed by atoms with van der Waals surface area (Å²) in [6.45, 7) is 1.47. The topological polar surface area (TPSA) is 148 Å². The number of aromatic nitrogens is 3. The number of hydrogen-bond acceptors (Lipinski definition) is 7. The molecule has 1 unspecified atom stereocenters. The van der Waals surface area contributed by atoms with Gasteiger partial charge in [-0.15, -0.1) is 0 Å². The number of carbonyl (C=O) groups excluding carboxylic acids is 4. The predicted molar refractivity (Wildman–Crippen MR) is 190 cm³/mol. The van der Waals surface area contributed by atoms with Crippen LogP contribution in [0.15, 0.2) is 77.5 Å². The zero-order valence-electron chi connectivity index (χ0n) is 27.9. The fourth-order valence-corrected chi connectivity index (χ4v) is 8.01. The van der Waals surface area contributed by atoms with Crippen LogP contribution in [0, 0.1) is 23.1 Å². The standard InChI is InChI=1S/C38H36ClFN6O5/c1-22(47)35-29-18-24(42-37(50)41-20-25-13-16-51-45-25)9-10-33(29)46(44-35)21-26(48)19-38-14-11-23(12-15-38)17-30(38)36(49)43-32-8-4-6-28(34(32)40)27-5-2-3-7-31(27)39/h2-10,13,16,18,23,30H,11-12,14-15,17,19-21H2,1H3,(H,43,49)(H2,41,42,50). The van der Waals surface area contributed by atoms with Crippen LogP contribution in [-0.2, 0) is 22.7 Å². The van der Waals surface area contributed by atoms with Gasteiger partial charge < -0.3 is 20.5 Å². The van der Waals surface area contributed by atoms with Gasteiger partial charge in [0.25, 0.3) is 0 Å². The van der Waals surface area contributed by atoms with Gasteiger partial charge in [-0.2, -0.15) is 5.10 Å². The van der Waals surface area contributed by atoms with Crippen LogP contribution < -0.4 is 16.0 Å². The third-order valence-corrected chi connectivity index (χ3v) is 10.6. The first-order chi connectivity index (χ1) is 24.6. The van der Waals surface area contributed by atoms with Gasteiger partial charge in [0.15, 0.2) is 17.4 Å². The van der Waals surface area contributed by atoms with E-state index >= 15 is 4.39 Å². The zero-order valence-corrected chi connectivity index (χ0v) is 28.6. The smallest absolute Gasteiger partial charge is 0.319 e. The van der Waals surface area contributed by atoms with E-state index in [-0.39, 0.29) is 48.4 Å². The van der Waals surface area contributed by atoms with Crippen molar-refractivity contribution >= 4 is 57.4 Å². The van der Waals surface area contributed by atoms with Gasteiger partial charge >= 0.3 is 6.03 Å². The maximum absolute atomic E-state index is 15.8. The van der Waals surface area contributed by atoms with Gasteiger partial charge in [0.05, 0.1) is 17.7 Å². The number of anilines is 2. The van der Waals surface area contributed by atoms with Crippen LogP contribution in [0.1, 0.15) is 61.6 Å². The minimum absolute atomic E-state index is 0.0708. The van der Waals surface area contributed by atoms with Crippen molar-refractivity contribution in [1.82, 2.24) is 20.3 Å². The summed E-state index contributed by atoms with van der Waals surface area (Å²) in [4.78, 5) is 52.9. The molecule has 0 saturated heterocycles. The van der Waals surface area contributed by atoms with Crippen LogP contribution in [0.25, 0.3) is 22.0 Å². The van der Waals surface area contributed by atoms with E-state index in [1.165, 1.54) is 23.9 Å². The number of benzene rings is 3. The number of urea groups is 1. The molecule has 5 aromatic rings. The molecular formula is C38H36ClFN6O5. The highest BCUT2D eigenvalue weighted by atomic mass is 35.5. The minimum Gasteiger partial charge on any atom is -0.364 e. The third kappa shape index (κ3) is 7.01. The number of amides is 3. The molecular weight excluding hydrogens is 675 g/mol. The van der Waals surface area contributed by atoms with E-state index in [4.69, 9.17) is 16.1 Å². The van der Waals surface area contributed by atoms with Gasteiger partial charge in [-0.05, 0) is 73.8 Å². The summed E-state index contributed by atoms with van der Waals surface area (Å²) in [5.74, 6) is -1.36. The highest BCUT2D eigenvalue weighted by molar-refractivity contribution is 6.33. The summed E-state index contributed by atoms with van der Waals surface area (Å²) in [5.41, 5.74) is 2.06. The maximum atomic E-state index is 15.8. The van der Waals surface area contributed by atoms with Crippen molar-refractivity contribution in [3.8, 4) is 11.1 Å². The number of Topliss-reactive ketones (excluding diaryl/α,β-unsaturated/α-hetero) is 2. The van der Waals surface area contributed by atoms with Gasteiger partial charge in [-0.25, -0.2) is 9.18 Å². The largest absolute Gasteiger partial charge is 0.364 e. The first-order valence-electron chi connectivity index (χ1n) is 16.9. The molecule has 0 spiro atoms. The molecule has 262 valence electrons. The zero-order chi connectivity index (χ0) is 35.7. The normalized spacial score (nSPS) is 19.5. The van der Waals surface area contributed by atoms with Crippen molar-refractivity contribution in [2.45, 2.75) is 58.5 Å². The molecule has 3 saturated carbocycles. The molecule has 2 aromatic heterocycles. The van der Waals surface area contributed by atoms with Gasteiger partial charge in [-0.3, -0.25) is 19.1 Å². The number of carbonyl (C=O) groups is 4. The van der Waals surface area contributed by atoms with E-state index in [2.05, 4.69) is 26.2 Å². The summed E-state index contributed by atoms with van der Waals surface area (Å²) >= 11 is 6.35. The molecule has 13 heteroatoms. The average molecular weight is 711 g/mol. The molecule has 8 rings (SSSR count). The summed E-state index contributed by atoms with van der Waals surface area (Å²) in [6, 6.07) is 18.0. The van der Waals surface area contributed by atoms with Crippen LogP contribution in [0.5, 0.6) is 0 Å². The quantitative estimate of drug-likeness (QED) is 0.118. The first kappa shape index (κ1) is 34.1. The Morgan fingerprint density at radius 3 is 2.53 bits per heavy atom. The number of hydrogen-bond donors (Lipinski definition) is 3. The highest BCUT2D eigenvalue weighted by Gasteiger charge is 2.51. The molecule has 3 aliphatic rings. The first-order valence-corrected chi connectivity index (χ1v) is 17.3. The summed E-state index contributed by atoms with van der Waals surface area (Å²) in [5, 5.41) is 17.4. The van der Waals surface area contributed by atoms with Crippen molar-refractivity contribution in [2.75, 3.05) is 10.6 Å². The molecule has 51 heavy (non-hydrogen) atoms. The van der Waals surface area contributed by atoms with Crippen LogP contribution in [-0.4, -0.2) is 38.4 Å². The second kappa shape index (κ2) is 14.1. The van der Waals surface area contributed by atoms with Gasteiger partial charge in [0.1, 0.15) is 24.2 Å². The lowest BCUT2D eigenvalue weighted by Crippen LogP contribution is -2.48. The lowest BCUT2D eigenvalue weighted by molar-refractivity contribution is -0.136. The molecule has 2 heterocycles. The molecule has 3 amide bonds. The van der Waals surface area contributed by atoms with Gasteiger partial charge in [-0.1, -0.05) is 47.1 Å². The van der Waals surface area contributed by atoms with Crippen LogP contribution in [0.2, 0.25) is 5.02 Å². The number of nitrogens with one attached hydrogen (secondary N) is 3. The summed E-state index contributed by atoms with van der Waals surface area (Å²) in [6.07, 6.45) is 5.48. The van der Waals surface area contributed by atoms with Crippen LogP contribution in [0.4, 0.5) is 20.6 Å². The van der Waals surface area contributed by atoms with Crippen molar-refractivity contribution in [1.29, 1.82) is 0 Å². The monoisotopic (exact) mass is 710 g/mol. The fraction of sp³-hybridized carbons (Fsp3) is 0.316. The van der Waals surface area contributed by atoms with Gasteiger partial charge in [0.2, 0.25) is 5.91 Å².